The van der Waals surface area contributed by atoms with Crippen LogP contribution in [-0.4, -0.2) is 47.9 Å². The summed E-state index contributed by atoms with van der Waals surface area (Å²) in [4.78, 5) is 16.6. The zero-order valence-corrected chi connectivity index (χ0v) is 11.5. The minimum Gasteiger partial charge on any atom is -0.339 e. The number of piperidine rings is 1. The van der Waals surface area contributed by atoms with Gasteiger partial charge in [-0.1, -0.05) is 0 Å². The van der Waals surface area contributed by atoms with E-state index in [0.29, 0.717) is 24.5 Å². The molecule has 1 aliphatic heterocycles. The highest BCUT2D eigenvalue weighted by Gasteiger charge is 2.32. The van der Waals surface area contributed by atoms with Crippen LogP contribution in [0.2, 0.25) is 0 Å². The lowest BCUT2D eigenvalue weighted by Crippen LogP contribution is -2.47. The lowest BCUT2D eigenvalue weighted by molar-refractivity contribution is -0.135. The van der Waals surface area contributed by atoms with Gasteiger partial charge in [0.25, 0.3) is 0 Å². The predicted molar refractivity (Wildman–Crippen MR) is 69.8 cm³/mol. The van der Waals surface area contributed by atoms with Gasteiger partial charge < -0.3 is 4.90 Å². The summed E-state index contributed by atoms with van der Waals surface area (Å²) in [6.45, 7) is 6.00. The number of carbonyl (C=O) groups excluding carboxylic acids is 1. The summed E-state index contributed by atoms with van der Waals surface area (Å²) >= 11 is 0. The van der Waals surface area contributed by atoms with E-state index in [1.165, 1.54) is 32.1 Å². The first kappa shape index (κ1) is 12.9. The van der Waals surface area contributed by atoms with Crippen molar-refractivity contribution in [2.24, 2.45) is 5.92 Å². The van der Waals surface area contributed by atoms with Gasteiger partial charge in [-0.3, -0.25) is 9.69 Å². The van der Waals surface area contributed by atoms with Gasteiger partial charge in [0.15, 0.2) is 0 Å². The van der Waals surface area contributed by atoms with Gasteiger partial charge in [-0.15, -0.1) is 0 Å². The zero-order chi connectivity index (χ0) is 12.4. The minimum atomic E-state index is 0.326. The third kappa shape index (κ3) is 3.21. The van der Waals surface area contributed by atoms with Gasteiger partial charge in [-0.05, 0) is 58.9 Å². The third-order valence-electron chi connectivity index (χ3n) is 4.51. The van der Waals surface area contributed by atoms with Gasteiger partial charge >= 0.3 is 0 Å². The molecule has 1 amide bonds. The minimum absolute atomic E-state index is 0.326. The molecule has 0 bridgehead atoms. The van der Waals surface area contributed by atoms with E-state index in [-0.39, 0.29) is 0 Å². The molecule has 1 heterocycles. The highest BCUT2D eigenvalue weighted by atomic mass is 16.2. The van der Waals surface area contributed by atoms with Crippen molar-refractivity contribution in [2.45, 2.75) is 58.0 Å². The largest absolute Gasteiger partial charge is 0.339 e. The van der Waals surface area contributed by atoms with E-state index in [2.05, 4.69) is 30.7 Å². The molecule has 1 saturated carbocycles. The molecule has 3 heteroatoms. The van der Waals surface area contributed by atoms with Crippen LogP contribution in [0.25, 0.3) is 0 Å². The Morgan fingerprint density at radius 1 is 1.35 bits per heavy atom. The van der Waals surface area contributed by atoms with Crippen molar-refractivity contribution in [3.05, 3.63) is 0 Å². The number of hydrogen-bond acceptors (Lipinski definition) is 2. The lowest BCUT2D eigenvalue weighted by Gasteiger charge is -2.35. The molecule has 3 nitrogen and oxygen atoms in total. The molecule has 0 aromatic rings. The topological polar surface area (TPSA) is 23.6 Å². The zero-order valence-electron chi connectivity index (χ0n) is 11.5. The maximum atomic E-state index is 12.3. The number of likely N-dealkylation sites (tertiary alicyclic amines) is 1. The van der Waals surface area contributed by atoms with Crippen molar-refractivity contribution >= 4 is 5.91 Å². The Morgan fingerprint density at radius 2 is 2.06 bits per heavy atom. The van der Waals surface area contributed by atoms with Crippen LogP contribution in [0.4, 0.5) is 0 Å². The summed E-state index contributed by atoms with van der Waals surface area (Å²) < 4.78 is 0. The predicted octanol–water partition coefficient (Wildman–Crippen LogP) is 2.12. The van der Waals surface area contributed by atoms with E-state index in [1.54, 1.807) is 0 Å². The van der Waals surface area contributed by atoms with Crippen LogP contribution in [-0.2, 0) is 4.79 Å². The Kier molecular flexibility index (Phi) is 4.08. The fourth-order valence-electron chi connectivity index (χ4n) is 2.86. The van der Waals surface area contributed by atoms with Crippen LogP contribution < -0.4 is 0 Å². The van der Waals surface area contributed by atoms with Crippen LogP contribution in [0.3, 0.4) is 0 Å². The quantitative estimate of drug-likeness (QED) is 0.749. The summed E-state index contributed by atoms with van der Waals surface area (Å²) in [6.07, 6.45) is 6.32. The van der Waals surface area contributed by atoms with Gasteiger partial charge in [0.1, 0.15) is 0 Å². The second-order valence-corrected chi connectivity index (χ2v) is 5.93. The van der Waals surface area contributed by atoms with E-state index in [9.17, 15) is 4.79 Å². The second kappa shape index (κ2) is 5.38. The van der Waals surface area contributed by atoms with Crippen LogP contribution in [0.1, 0.15) is 46.0 Å². The average Bonchev–Trinajstić information content (AvgIpc) is 3.12. The smallest absolute Gasteiger partial charge is 0.236 e. The van der Waals surface area contributed by atoms with Crippen LogP contribution >= 0.6 is 0 Å². The van der Waals surface area contributed by atoms with E-state index in [4.69, 9.17) is 0 Å². The number of nitrogens with zero attached hydrogens (tertiary/aromatic N) is 2. The van der Waals surface area contributed by atoms with Crippen molar-refractivity contribution in [3.8, 4) is 0 Å². The molecule has 1 saturated heterocycles. The van der Waals surface area contributed by atoms with Crippen LogP contribution in [0.15, 0.2) is 0 Å². The molecule has 17 heavy (non-hydrogen) atoms. The Hall–Kier alpha value is -0.570. The lowest BCUT2D eigenvalue weighted by atomic mass is 10.0. The molecule has 0 unspecified atom stereocenters. The Morgan fingerprint density at radius 3 is 2.65 bits per heavy atom. The maximum absolute atomic E-state index is 12.3. The first-order valence-corrected chi connectivity index (χ1v) is 7.09. The second-order valence-electron chi connectivity index (χ2n) is 5.93. The molecule has 2 aliphatic rings. The maximum Gasteiger partial charge on any atom is 0.236 e. The van der Waals surface area contributed by atoms with Gasteiger partial charge in [-0.25, -0.2) is 0 Å². The molecule has 0 spiro atoms. The number of hydrogen-bond donors (Lipinski definition) is 0. The van der Waals surface area contributed by atoms with Crippen molar-refractivity contribution in [1.82, 2.24) is 9.80 Å². The molecule has 0 aromatic carbocycles. The van der Waals surface area contributed by atoms with E-state index in [1.807, 2.05) is 0 Å². The van der Waals surface area contributed by atoms with Gasteiger partial charge in [-0.2, -0.15) is 0 Å². The van der Waals surface area contributed by atoms with Crippen LogP contribution in [0, 0.1) is 5.92 Å². The first-order chi connectivity index (χ1) is 8.09. The fourth-order valence-corrected chi connectivity index (χ4v) is 2.86. The van der Waals surface area contributed by atoms with Crippen molar-refractivity contribution in [1.29, 1.82) is 0 Å². The number of rotatable bonds is 4. The molecule has 2 fully saturated rings. The third-order valence-corrected chi connectivity index (χ3v) is 4.51. The van der Waals surface area contributed by atoms with E-state index >= 15 is 0 Å². The van der Waals surface area contributed by atoms with Gasteiger partial charge in [0, 0.05) is 18.6 Å². The summed E-state index contributed by atoms with van der Waals surface area (Å²) in [7, 11) is 2.09. The van der Waals surface area contributed by atoms with E-state index in [0.717, 1.165) is 12.5 Å². The monoisotopic (exact) mass is 238 g/mol. The van der Waals surface area contributed by atoms with E-state index < -0.39 is 0 Å². The molecule has 98 valence electrons. The molecule has 2 atom stereocenters. The summed E-state index contributed by atoms with van der Waals surface area (Å²) in [5, 5.41) is 0. The molecule has 2 rings (SSSR count). The molecule has 0 radical (unpaired) electrons. The van der Waals surface area contributed by atoms with Crippen molar-refractivity contribution in [2.75, 3.05) is 20.1 Å². The van der Waals surface area contributed by atoms with Gasteiger partial charge in [0.2, 0.25) is 5.91 Å². The van der Waals surface area contributed by atoms with Gasteiger partial charge in [0.05, 0.1) is 6.54 Å². The molecule has 0 aromatic heterocycles. The highest BCUT2D eigenvalue weighted by Crippen LogP contribution is 2.34. The molecular weight excluding hydrogens is 212 g/mol. The molecule has 1 aliphatic carbocycles. The first-order valence-electron chi connectivity index (χ1n) is 7.09. The van der Waals surface area contributed by atoms with Crippen molar-refractivity contribution in [3.63, 3.8) is 0 Å². The normalized spacial score (nSPS) is 27.3. The molecular formula is C14H26N2O. The summed E-state index contributed by atoms with van der Waals surface area (Å²) in [6, 6.07) is 1.01. The number of likely N-dealkylation sites (N-methyl/N-ethyl adjacent to an activating group) is 1. The summed E-state index contributed by atoms with van der Waals surface area (Å²) in [5.41, 5.74) is 0. The van der Waals surface area contributed by atoms with Crippen molar-refractivity contribution < 1.29 is 4.79 Å². The van der Waals surface area contributed by atoms with Crippen LogP contribution in [0.5, 0.6) is 0 Å². The number of carbonyl (C=O) groups is 1. The summed E-state index contributed by atoms with van der Waals surface area (Å²) in [5.74, 6) is 1.17. The SMILES string of the molecule is C[C@@H]1CCCCN1C(=O)CN(C)[C@@H](C)C1CC1. The Bertz CT molecular complexity index is 275. The number of amides is 1. The standard InChI is InChI=1S/C14H26N2O/c1-11-6-4-5-9-16(11)14(17)10-15(3)12(2)13-7-8-13/h11-13H,4-10H2,1-3H3/t11-,12+/m1/s1. The average molecular weight is 238 g/mol. The Labute approximate surface area is 105 Å². The molecule has 0 N–H and O–H groups in total. The Balaban J connectivity index is 1.82. The fraction of sp³-hybridized carbons (Fsp3) is 0.929. The highest BCUT2D eigenvalue weighted by molar-refractivity contribution is 5.78.